The molecule has 1 atom stereocenters. The highest BCUT2D eigenvalue weighted by Crippen LogP contribution is 2.38. The van der Waals surface area contributed by atoms with Crippen molar-refractivity contribution in [1.29, 1.82) is 0 Å². The summed E-state index contributed by atoms with van der Waals surface area (Å²) in [6, 6.07) is 6.95. The van der Waals surface area contributed by atoms with Crippen LogP contribution in [0.5, 0.6) is 5.75 Å². The zero-order chi connectivity index (χ0) is 27.2. The quantitative estimate of drug-likeness (QED) is 0.236. The van der Waals surface area contributed by atoms with Gasteiger partial charge < -0.3 is 19.5 Å². The molecule has 12 heteroatoms. The smallest absolute Gasteiger partial charge is 0.166 e. The van der Waals surface area contributed by atoms with Gasteiger partial charge in [0.1, 0.15) is 17.5 Å². The van der Waals surface area contributed by atoms with E-state index in [4.69, 9.17) is 27.9 Å². The zero-order valence-electron chi connectivity index (χ0n) is 21.4. The normalized spacial score (nSPS) is 15.9. The molecule has 5 rings (SSSR count). The number of pyridine rings is 2. The Morgan fingerprint density at radius 3 is 2.58 bits per heavy atom. The van der Waals surface area contributed by atoms with Crippen molar-refractivity contribution in [3.8, 4) is 17.0 Å². The number of benzene rings is 1. The van der Waals surface area contributed by atoms with Gasteiger partial charge in [0.05, 0.1) is 28.2 Å². The van der Waals surface area contributed by atoms with Crippen molar-refractivity contribution < 1.29 is 13.7 Å². The van der Waals surface area contributed by atoms with Gasteiger partial charge in [0.15, 0.2) is 11.6 Å². The van der Waals surface area contributed by atoms with Gasteiger partial charge in [-0.25, -0.2) is 9.37 Å². The number of hydrogen-bond donors (Lipinski definition) is 2. The molecular weight excluding hydrogens is 549 g/mol. The molecule has 4 aromatic rings. The average Bonchev–Trinajstić information content (AvgIpc) is 3.24. The third-order valence-electron chi connectivity index (χ3n) is 6.51. The van der Waals surface area contributed by atoms with E-state index >= 15 is 4.39 Å². The first-order chi connectivity index (χ1) is 17.9. The zero-order valence-corrected chi connectivity index (χ0v) is 23.8. The van der Waals surface area contributed by atoms with Gasteiger partial charge in [0.25, 0.3) is 0 Å². The summed E-state index contributed by atoms with van der Waals surface area (Å²) >= 11 is 12.6. The molecule has 1 aliphatic rings. The fraction of sp³-hybridized carbons (Fsp3) is 0.346. The van der Waals surface area contributed by atoms with Crippen molar-refractivity contribution in [2.45, 2.75) is 25.5 Å². The standard InChI is InChI=1S/C26H28Cl2FN6O2P/c1-15(23-19(27)10-30-11-20(23)28)37-17-5-6-22-18(8-17)24(34-33-22)16-7-21(29)25(31-9-16)35-12-26(2,13-35)32-14-38(3,4)36/h5-11,15,32H,12-14H2,1-4H3,(H,33,34)/t15-/m1/s1. The number of nitrogens with zero attached hydrogens (tertiary/aromatic N) is 4. The largest absolute Gasteiger partial charge is 0.486 e. The summed E-state index contributed by atoms with van der Waals surface area (Å²) in [6.07, 6.45) is 4.69. The van der Waals surface area contributed by atoms with Crippen LogP contribution in [-0.4, -0.2) is 58.4 Å². The number of fused-ring (bicyclic) bond motifs is 1. The summed E-state index contributed by atoms with van der Waals surface area (Å²) in [6.45, 7) is 8.54. The van der Waals surface area contributed by atoms with E-state index < -0.39 is 19.1 Å². The van der Waals surface area contributed by atoms with Gasteiger partial charge in [0.2, 0.25) is 0 Å². The Bertz CT molecular complexity index is 1530. The van der Waals surface area contributed by atoms with Crippen LogP contribution in [0.2, 0.25) is 10.0 Å². The molecule has 4 heterocycles. The fourth-order valence-electron chi connectivity index (χ4n) is 4.59. The van der Waals surface area contributed by atoms with Crippen LogP contribution < -0.4 is 15.0 Å². The van der Waals surface area contributed by atoms with Crippen LogP contribution in [0.15, 0.2) is 42.9 Å². The molecule has 0 amide bonds. The summed E-state index contributed by atoms with van der Waals surface area (Å²) in [5.74, 6) is 0.436. The first-order valence-corrected chi connectivity index (χ1v) is 15.6. The Morgan fingerprint density at radius 2 is 1.92 bits per heavy atom. The molecule has 1 aliphatic heterocycles. The van der Waals surface area contributed by atoms with E-state index in [1.165, 1.54) is 18.5 Å². The molecule has 1 fully saturated rings. The fourth-order valence-corrected chi connectivity index (χ4v) is 6.03. The van der Waals surface area contributed by atoms with E-state index in [-0.39, 0.29) is 11.4 Å². The van der Waals surface area contributed by atoms with Crippen molar-refractivity contribution in [2.75, 3.05) is 37.6 Å². The van der Waals surface area contributed by atoms with Gasteiger partial charge in [-0.05, 0) is 51.4 Å². The number of halogens is 3. The second kappa shape index (κ2) is 10.1. The SMILES string of the molecule is C[C@@H](Oc1ccc2[nH]nc(-c3cnc(N4CC(C)(NCP(C)(C)=O)C4)c(F)c3)c2c1)c1c(Cl)cncc1Cl. The minimum atomic E-state index is -2.18. The van der Waals surface area contributed by atoms with Gasteiger partial charge in [0, 0.05) is 54.5 Å². The number of ether oxygens (including phenoxy) is 1. The van der Waals surface area contributed by atoms with Crippen LogP contribution in [0, 0.1) is 5.82 Å². The first kappa shape index (κ1) is 26.9. The van der Waals surface area contributed by atoms with Crippen LogP contribution in [0.4, 0.5) is 10.2 Å². The van der Waals surface area contributed by atoms with Crippen molar-refractivity contribution >= 4 is 47.1 Å². The van der Waals surface area contributed by atoms with E-state index in [1.54, 1.807) is 19.5 Å². The summed E-state index contributed by atoms with van der Waals surface area (Å²) in [4.78, 5) is 10.3. The molecule has 38 heavy (non-hydrogen) atoms. The minimum Gasteiger partial charge on any atom is -0.486 e. The van der Waals surface area contributed by atoms with Crippen molar-refractivity contribution in [3.05, 3.63) is 64.3 Å². The highest BCUT2D eigenvalue weighted by atomic mass is 35.5. The van der Waals surface area contributed by atoms with Crippen molar-refractivity contribution in [3.63, 3.8) is 0 Å². The van der Waals surface area contributed by atoms with Crippen LogP contribution in [0.3, 0.4) is 0 Å². The summed E-state index contributed by atoms with van der Waals surface area (Å²) in [7, 11) is -2.18. The van der Waals surface area contributed by atoms with Crippen LogP contribution in [0.1, 0.15) is 25.5 Å². The summed E-state index contributed by atoms with van der Waals surface area (Å²) < 4.78 is 33.4. The van der Waals surface area contributed by atoms with E-state index in [0.29, 0.717) is 52.0 Å². The molecule has 200 valence electrons. The number of H-pyrrole nitrogens is 1. The van der Waals surface area contributed by atoms with Crippen LogP contribution in [0.25, 0.3) is 22.2 Å². The number of aromatic nitrogens is 4. The lowest BCUT2D eigenvalue weighted by Crippen LogP contribution is -2.68. The lowest BCUT2D eigenvalue weighted by molar-refractivity contribution is 0.227. The highest BCUT2D eigenvalue weighted by Gasteiger charge is 2.40. The number of hydrogen-bond acceptors (Lipinski definition) is 7. The maximum absolute atomic E-state index is 15.2. The van der Waals surface area contributed by atoms with Crippen molar-refractivity contribution in [2.24, 2.45) is 0 Å². The third-order valence-corrected chi connectivity index (χ3v) is 8.03. The molecule has 0 aliphatic carbocycles. The first-order valence-electron chi connectivity index (χ1n) is 12.1. The lowest BCUT2D eigenvalue weighted by Gasteiger charge is -2.49. The molecular formula is C26H28Cl2FN6O2P. The number of aromatic amines is 1. The maximum atomic E-state index is 15.2. The monoisotopic (exact) mass is 576 g/mol. The molecule has 0 radical (unpaired) electrons. The Labute approximate surface area is 230 Å². The Morgan fingerprint density at radius 1 is 1.21 bits per heavy atom. The minimum absolute atomic E-state index is 0.231. The predicted octanol–water partition coefficient (Wildman–Crippen LogP) is 6.35. The van der Waals surface area contributed by atoms with Crippen molar-refractivity contribution in [1.82, 2.24) is 25.5 Å². The molecule has 1 saturated heterocycles. The molecule has 8 nitrogen and oxygen atoms in total. The second-order valence-corrected chi connectivity index (χ2v) is 14.7. The van der Waals surface area contributed by atoms with E-state index in [1.807, 2.05) is 36.9 Å². The van der Waals surface area contributed by atoms with E-state index in [9.17, 15) is 4.57 Å². The lowest BCUT2D eigenvalue weighted by atomic mass is 9.92. The molecule has 3 aromatic heterocycles. The van der Waals surface area contributed by atoms with Crippen LogP contribution in [-0.2, 0) is 4.57 Å². The van der Waals surface area contributed by atoms with Gasteiger partial charge in [-0.15, -0.1) is 0 Å². The van der Waals surface area contributed by atoms with Crippen LogP contribution >= 0.6 is 30.3 Å². The Balaban J connectivity index is 1.35. The summed E-state index contributed by atoms with van der Waals surface area (Å²) in [5, 5.41) is 12.3. The Kier molecular flexibility index (Phi) is 7.16. The van der Waals surface area contributed by atoms with E-state index in [2.05, 4.69) is 25.5 Å². The van der Waals surface area contributed by atoms with Gasteiger partial charge in [-0.1, -0.05) is 23.2 Å². The summed E-state index contributed by atoms with van der Waals surface area (Å²) in [5.41, 5.74) is 2.30. The molecule has 2 N–H and O–H groups in total. The number of rotatable bonds is 8. The topological polar surface area (TPSA) is 96.0 Å². The van der Waals surface area contributed by atoms with Gasteiger partial charge in [-0.3, -0.25) is 10.1 Å². The molecule has 0 saturated carbocycles. The van der Waals surface area contributed by atoms with Gasteiger partial charge in [-0.2, -0.15) is 5.10 Å². The predicted molar refractivity (Wildman–Crippen MR) is 151 cm³/mol. The second-order valence-electron chi connectivity index (χ2n) is 10.4. The Hall–Kier alpha value is -2.71. The maximum Gasteiger partial charge on any atom is 0.166 e. The number of anilines is 1. The third kappa shape index (κ3) is 5.52. The number of nitrogens with one attached hydrogen (secondary N) is 2. The molecule has 1 aromatic carbocycles. The highest BCUT2D eigenvalue weighted by molar-refractivity contribution is 7.62. The average molecular weight is 577 g/mol. The molecule has 0 spiro atoms. The van der Waals surface area contributed by atoms with Gasteiger partial charge >= 0.3 is 0 Å². The molecule has 0 unspecified atom stereocenters. The molecule has 0 bridgehead atoms. The van der Waals surface area contributed by atoms with E-state index in [0.717, 1.165) is 10.9 Å².